The molecule has 0 aromatic rings. The van der Waals surface area contributed by atoms with Crippen LogP contribution in [0.1, 0.15) is 82.1 Å². The maximum absolute atomic E-state index is 10.8. The maximum Gasteiger partial charge on any atom is 0.309 e. The summed E-state index contributed by atoms with van der Waals surface area (Å²) in [4.78, 5) is 21.6. The van der Waals surface area contributed by atoms with Gasteiger partial charge in [0.05, 0.1) is 10.8 Å². The van der Waals surface area contributed by atoms with Crippen molar-refractivity contribution < 1.29 is 19.8 Å². The zero-order chi connectivity index (χ0) is 19.9. The summed E-state index contributed by atoms with van der Waals surface area (Å²) in [6.45, 7) is 19.8. The first-order valence-corrected chi connectivity index (χ1v) is 9.02. The van der Waals surface area contributed by atoms with Crippen molar-refractivity contribution in [1.29, 1.82) is 0 Å². The number of carboxylic acids is 2. The van der Waals surface area contributed by atoms with Crippen LogP contribution in [-0.4, -0.2) is 22.2 Å². The van der Waals surface area contributed by atoms with Gasteiger partial charge in [0.2, 0.25) is 0 Å². The molecule has 0 fully saturated rings. The second-order valence-electron chi connectivity index (χ2n) is 9.17. The van der Waals surface area contributed by atoms with E-state index in [-0.39, 0.29) is 5.92 Å². The molecule has 0 saturated carbocycles. The highest BCUT2D eigenvalue weighted by Gasteiger charge is 2.33. The van der Waals surface area contributed by atoms with E-state index in [0.717, 1.165) is 12.8 Å². The average Bonchev–Trinajstić information content (AvgIpc) is 2.37. The van der Waals surface area contributed by atoms with Crippen molar-refractivity contribution in [3.8, 4) is 0 Å². The number of hydrogen-bond donors (Lipinski definition) is 2. The van der Waals surface area contributed by atoms with Gasteiger partial charge in [-0.2, -0.15) is 0 Å². The molecule has 0 aliphatic heterocycles. The van der Waals surface area contributed by atoms with E-state index >= 15 is 0 Å². The molecule has 4 nitrogen and oxygen atoms in total. The van der Waals surface area contributed by atoms with Crippen molar-refractivity contribution in [1.82, 2.24) is 0 Å². The summed E-state index contributed by atoms with van der Waals surface area (Å²) in [6, 6.07) is 0. The second-order valence-corrected chi connectivity index (χ2v) is 9.17. The highest BCUT2D eigenvalue weighted by atomic mass is 16.4. The molecule has 0 rings (SSSR count). The van der Waals surface area contributed by atoms with Crippen LogP contribution in [0.3, 0.4) is 0 Å². The minimum Gasteiger partial charge on any atom is -0.481 e. The number of rotatable bonds is 8. The Morgan fingerprint density at radius 3 is 1.50 bits per heavy atom. The van der Waals surface area contributed by atoms with Crippen molar-refractivity contribution in [3.63, 3.8) is 0 Å². The standard InChI is InChI=1S/2C10H20O2/c1-7(2)8(3)6-10(4,5)9(11)12;1-7(2)6-8(3)10(4,5)9(11)12/h2*7-8H,6H2,1-5H3,(H,11,12). The molecule has 0 heterocycles. The summed E-state index contributed by atoms with van der Waals surface area (Å²) in [5.74, 6) is 0.430. The van der Waals surface area contributed by atoms with Gasteiger partial charge in [0.25, 0.3) is 0 Å². The van der Waals surface area contributed by atoms with E-state index in [9.17, 15) is 9.59 Å². The smallest absolute Gasteiger partial charge is 0.309 e. The van der Waals surface area contributed by atoms with Gasteiger partial charge in [-0.1, -0.05) is 41.5 Å². The number of carboxylic acid groups (broad SMARTS) is 2. The average molecular weight is 345 g/mol. The summed E-state index contributed by atoms with van der Waals surface area (Å²) in [5, 5.41) is 17.8. The third kappa shape index (κ3) is 9.29. The van der Waals surface area contributed by atoms with Gasteiger partial charge < -0.3 is 10.2 Å². The topological polar surface area (TPSA) is 74.6 Å². The lowest BCUT2D eigenvalue weighted by Crippen LogP contribution is -2.31. The van der Waals surface area contributed by atoms with Gasteiger partial charge in [-0.05, 0) is 64.2 Å². The molecule has 0 aliphatic rings. The molecule has 2 unspecified atom stereocenters. The Kier molecular flexibility index (Phi) is 10.5. The number of aliphatic carboxylic acids is 2. The van der Waals surface area contributed by atoms with Gasteiger partial charge in [0, 0.05) is 0 Å². The fourth-order valence-corrected chi connectivity index (χ4v) is 2.34. The molecule has 0 bridgehead atoms. The lowest BCUT2D eigenvalue weighted by Gasteiger charge is -2.28. The first-order chi connectivity index (χ1) is 10.6. The summed E-state index contributed by atoms with van der Waals surface area (Å²) < 4.78 is 0. The Balaban J connectivity index is 0. The Hall–Kier alpha value is -1.06. The fourth-order valence-electron chi connectivity index (χ4n) is 2.34. The van der Waals surface area contributed by atoms with Crippen molar-refractivity contribution in [2.75, 3.05) is 0 Å². The van der Waals surface area contributed by atoms with Crippen LogP contribution in [-0.2, 0) is 9.59 Å². The number of carbonyl (C=O) groups is 2. The van der Waals surface area contributed by atoms with Crippen LogP contribution < -0.4 is 0 Å². The third-order valence-electron chi connectivity index (χ3n) is 5.16. The van der Waals surface area contributed by atoms with E-state index in [2.05, 4.69) is 34.6 Å². The normalized spacial score (nSPS) is 14.8. The predicted molar refractivity (Wildman–Crippen MR) is 100 cm³/mol. The van der Waals surface area contributed by atoms with Crippen LogP contribution in [0, 0.1) is 34.5 Å². The van der Waals surface area contributed by atoms with Crippen molar-refractivity contribution >= 4 is 11.9 Å². The van der Waals surface area contributed by atoms with Crippen LogP contribution in [0.5, 0.6) is 0 Å². The summed E-state index contributed by atoms with van der Waals surface area (Å²) in [6.07, 6.45) is 1.72. The van der Waals surface area contributed by atoms with E-state index in [1.807, 2.05) is 6.92 Å². The lowest BCUT2D eigenvalue weighted by molar-refractivity contribution is -0.150. The Labute approximate surface area is 149 Å². The second kappa shape index (κ2) is 10.0. The van der Waals surface area contributed by atoms with Gasteiger partial charge in [0.1, 0.15) is 0 Å². The molecule has 24 heavy (non-hydrogen) atoms. The van der Waals surface area contributed by atoms with E-state index in [1.54, 1.807) is 27.7 Å². The van der Waals surface area contributed by atoms with Crippen LogP contribution in [0.4, 0.5) is 0 Å². The third-order valence-corrected chi connectivity index (χ3v) is 5.16. The van der Waals surface area contributed by atoms with Gasteiger partial charge in [0.15, 0.2) is 0 Å². The Morgan fingerprint density at radius 2 is 1.25 bits per heavy atom. The van der Waals surface area contributed by atoms with Crippen LogP contribution in [0.25, 0.3) is 0 Å². The van der Waals surface area contributed by atoms with E-state index in [1.165, 1.54) is 0 Å². The molecule has 0 aromatic heterocycles. The molecular weight excluding hydrogens is 304 g/mol. The van der Waals surface area contributed by atoms with Gasteiger partial charge in [-0.25, -0.2) is 0 Å². The fraction of sp³-hybridized carbons (Fsp3) is 0.900. The van der Waals surface area contributed by atoms with Gasteiger partial charge >= 0.3 is 11.9 Å². The monoisotopic (exact) mass is 344 g/mol. The summed E-state index contributed by atoms with van der Waals surface area (Å²) >= 11 is 0. The molecule has 0 aliphatic carbocycles. The van der Waals surface area contributed by atoms with Crippen molar-refractivity contribution in [2.45, 2.75) is 82.1 Å². The summed E-state index contributed by atoms with van der Waals surface area (Å²) in [7, 11) is 0. The van der Waals surface area contributed by atoms with E-state index in [4.69, 9.17) is 10.2 Å². The Bertz CT molecular complexity index is 394. The van der Waals surface area contributed by atoms with Crippen LogP contribution in [0.2, 0.25) is 0 Å². The molecule has 0 amide bonds. The predicted octanol–water partition coefficient (Wildman–Crippen LogP) is 5.56. The molecule has 0 saturated heterocycles. The minimum absolute atomic E-state index is 0.231. The van der Waals surface area contributed by atoms with Crippen molar-refractivity contribution in [2.24, 2.45) is 34.5 Å². The quantitative estimate of drug-likeness (QED) is 0.604. The number of hydrogen-bond acceptors (Lipinski definition) is 2. The molecule has 2 N–H and O–H groups in total. The summed E-state index contributed by atoms with van der Waals surface area (Å²) in [5.41, 5.74) is -1.17. The molecule has 144 valence electrons. The molecule has 2 atom stereocenters. The van der Waals surface area contributed by atoms with E-state index in [0.29, 0.717) is 17.8 Å². The molecule has 4 heteroatoms. The van der Waals surface area contributed by atoms with Crippen LogP contribution in [0.15, 0.2) is 0 Å². The van der Waals surface area contributed by atoms with Crippen molar-refractivity contribution in [3.05, 3.63) is 0 Å². The highest BCUT2D eigenvalue weighted by molar-refractivity contribution is 5.74. The molecule has 0 aromatic carbocycles. The molecular formula is C20H40O4. The minimum atomic E-state index is -0.699. The van der Waals surface area contributed by atoms with Gasteiger partial charge in [-0.3, -0.25) is 9.59 Å². The Morgan fingerprint density at radius 1 is 0.833 bits per heavy atom. The molecule has 0 spiro atoms. The van der Waals surface area contributed by atoms with Gasteiger partial charge in [-0.15, -0.1) is 0 Å². The first-order valence-electron chi connectivity index (χ1n) is 9.02. The van der Waals surface area contributed by atoms with E-state index < -0.39 is 22.8 Å². The zero-order valence-electron chi connectivity index (χ0n) is 17.4. The molecule has 0 radical (unpaired) electrons. The lowest BCUT2D eigenvalue weighted by atomic mass is 9.76. The highest BCUT2D eigenvalue weighted by Crippen LogP contribution is 2.31. The maximum atomic E-state index is 10.8. The first kappa shape index (κ1) is 25.2. The largest absolute Gasteiger partial charge is 0.481 e. The van der Waals surface area contributed by atoms with Crippen LogP contribution >= 0.6 is 0 Å². The zero-order valence-corrected chi connectivity index (χ0v) is 17.4. The SMILES string of the molecule is CC(C)C(C)CC(C)(C)C(=O)O.CC(C)CC(C)C(C)(C)C(=O)O.